The Morgan fingerprint density at radius 3 is 2.41 bits per heavy atom. The van der Waals surface area contributed by atoms with Gasteiger partial charge < -0.3 is 22.5 Å². The lowest BCUT2D eigenvalue weighted by atomic mass is 9.98. The van der Waals surface area contributed by atoms with E-state index < -0.39 is 28.9 Å². The van der Waals surface area contributed by atoms with E-state index in [9.17, 15) is 17.7 Å². The molecule has 0 aromatic heterocycles. The largest absolute Gasteiger partial charge is 0.417 e. The molecular formula is C20H23ClF3N6OS+. The van der Waals surface area contributed by atoms with Gasteiger partial charge in [-0.25, -0.2) is 4.99 Å². The molecule has 2 aromatic rings. The average Bonchev–Trinajstić information content (AvgIpc) is 2.72. The molecule has 8 N–H and O–H groups in total. The van der Waals surface area contributed by atoms with Gasteiger partial charge in [-0.15, -0.1) is 0 Å². The number of piperidine rings is 1. The maximum absolute atomic E-state index is 13.8. The van der Waals surface area contributed by atoms with E-state index in [0.29, 0.717) is 11.4 Å². The molecule has 0 amide bonds. The van der Waals surface area contributed by atoms with E-state index in [-0.39, 0.29) is 33.0 Å². The Kier molecular flexibility index (Phi) is 7.55. The van der Waals surface area contributed by atoms with Gasteiger partial charge in [0.15, 0.2) is 27.3 Å². The molecule has 1 aliphatic rings. The van der Waals surface area contributed by atoms with E-state index in [4.69, 9.17) is 28.8 Å². The molecule has 0 radical (unpaired) electrons. The second-order valence-corrected chi connectivity index (χ2v) is 9.34. The van der Waals surface area contributed by atoms with Crippen LogP contribution in [0.2, 0.25) is 5.02 Å². The summed E-state index contributed by atoms with van der Waals surface area (Å²) in [6.45, 7) is 1.62. The highest BCUT2D eigenvalue weighted by Gasteiger charge is 2.36. The molecule has 0 bridgehead atoms. The number of halogens is 4. The Bertz CT molecular complexity index is 1020. The smallest absolute Gasteiger partial charge is 0.370 e. The molecule has 0 spiro atoms. The van der Waals surface area contributed by atoms with Gasteiger partial charge in [-0.3, -0.25) is 0 Å². The number of benzene rings is 2. The molecule has 172 valence electrons. The van der Waals surface area contributed by atoms with E-state index in [0.717, 1.165) is 25.5 Å². The summed E-state index contributed by atoms with van der Waals surface area (Å²) in [5, 5.41) is 3.16. The van der Waals surface area contributed by atoms with Crippen LogP contribution < -0.4 is 22.5 Å². The molecular weight excluding hydrogens is 465 g/mol. The highest BCUT2D eigenvalue weighted by molar-refractivity contribution is 7.92. The van der Waals surface area contributed by atoms with Crippen LogP contribution in [0.15, 0.2) is 51.3 Å². The number of hydrogen-bond donors (Lipinski definition) is 5. The first-order valence-corrected chi connectivity index (χ1v) is 11.3. The average molecular weight is 488 g/mol. The van der Waals surface area contributed by atoms with Crippen LogP contribution in [-0.4, -0.2) is 34.8 Å². The lowest BCUT2D eigenvalue weighted by molar-refractivity contribution is -0.137. The fraction of sp³-hybridized carbons (Fsp3) is 0.300. The highest BCUT2D eigenvalue weighted by atomic mass is 35.5. The maximum atomic E-state index is 13.8. The number of alkyl halides is 3. The monoisotopic (exact) mass is 487 g/mol. The summed E-state index contributed by atoms with van der Waals surface area (Å²) in [5.74, 6) is -0.782. The molecule has 1 heterocycles. The predicted molar refractivity (Wildman–Crippen MR) is 123 cm³/mol. The molecule has 0 aliphatic carbocycles. The first-order chi connectivity index (χ1) is 15.1. The van der Waals surface area contributed by atoms with Gasteiger partial charge in [0, 0.05) is 18.5 Å². The molecule has 2 aromatic carbocycles. The third-order valence-corrected chi connectivity index (χ3v) is 6.91. The van der Waals surface area contributed by atoms with E-state index in [1.54, 1.807) is 12.1 Å². The van der Waals surface area contributed by atoms with E-state index in [1.165, 1.54) is 18.2 Å². The van der Waals surface area contributed by atoms with Crippen LogP contribution in [0.1, 0.15) is 18.4 Å². The van der Waals surface area contributed by atoms with Gasteiger partial charge in [-0.1, -0.05) is 11.6 Å². The van der Waals surface area contributed by atoms with E-state index in [2.05, 4.69) is 15.3 Å². The molecule has 1 aliphatic heterocycles. The van der Waals surface area contributed by atoms with Gasteiger partial charge in [0.05, 0.1) is 16.3 Å². The predicted octanol–water partition coefficient (Wildman–Crippen LogP) is 3.45. The van der Waals surface area contributed by atoms with Gasteiger partial charge in [-0.2, -0.15) is 22.7 Å². The molecule has 0 saturated carbocycles. The summed E-state index contributed by atoms with van der Waals surface area (Å²) in [6, 6.07) is 8.39. The fourth-order valence-electron chi connectivity index (χ4n) is 3.43. The maximum Gasteiger partial charge on any atom is 0.417 e. The minimum atomic E-state index is -4.71. The van der Waals surface area contributed by atoms with Crippen molar-refractivity contribution in [3.63, 3.8) is 0 Å². The van der Waals surface area contributed by atoms with Crippen LogP contribution in [0.3, 0.4) is 0 Å². The lowest BCUT2D eigenvalue weighted by Gasteiger charge is -2.19. The zero-order valence-corrected chi connectivity index (χ0v) is 18.4. The Hall–Kier alpha value is -2.47. The first-order valence-electron chi connectivity index (χ1n) is 9.64. The van der Waals surface area contributed by atoms with Gasteiger partial charge in [0.25, 0.3) is 0 Å². The van der Waals surface area contributed by atoms with Crippen molar-refractivity contribution in [2.75, 3.05) is 13.1 Å². The summed E-state index contributed by atoms with van der Waals surface area (Å²) in [5.41, 5.74) is 14.9. The van der Waals surface area contributed by atoms with Crippen molar-refractivity contribution in [3.8, 4) is 11.1 Å². The normalized spacial score (nSPS) is 18.3. The number of aliphatic imine (C=N–C) groups is 2. The van der Waals surface area contributed by atoms with Crippen LogP contribution in [0, 0.1) is 0 Å². The van der Waals surface area contributed by atoms with Crippen molar-refractivity contribution in [3.05, 3.63) is 47.0 Å². The minimum absolute atomic E-state index is 0.0803. The summed E-state index contributed by atoms with van der Waals surface area (Å²) in [6.07, 6.45) is -2.84. The third-order valence-electron chi connectivity index (χ3n) is 4.82. The minimum Gasteiger partial charge on any atom is -0.370 e. The fourth-order valence-corrected chi connectivity index (χ4v) is 5.22. The van der Waals surface area contributed by atoms with Gasteiger partial charge in [0.1, 0.15) is 0 Å². The zero-order chi connectivity index (χ0) is 23.5. The number of rotatable bonds is 4. The number of guanidine groups is 2. The Labute approximate surface area is 191 Å². The number of nitrogens with one attached hydrogen (secondary N) is 1. The SMILES string of the molecule is NC(N)=NC(N)=Nc1cc(Cl)c(-c2ccc([S+](O)C3CCCNC3)cc2)c(C(F)(F)F)c1. The van der Waals surface area contributed by atoms with Gasteiger partial charge >= 0.3 is 6.18 Å². The zero-order valence-electron chi connectivity index (χ0n) is 16.9. The van der Waals surface area contributed by atoms with Crippen LogP contribution in [0.5, 0.6) is 0 Å². The molecule has 7 nitrogen and oxygen atoms in total. The van der Waals surface area contributed by atoms with Crippen molar-refractivity contribution in [2.45, 2.75) is 29.2 Å². The first kappa shape index (κ1) is 24.2. The molecule has 2 unspecified atom stereocenters. The van der Waals surface area contributed by atoms with E-state index in [1.807, 2.05) is 0 Å². The Morgan fingerprint density at radius 1 is 1.16 bits per heavy atom. The molecule has 1 saturated heterocycles. The topological polar surface area (TPSA) is 135 Å². The van der Waals surface area contributed by atoms with Crippen LogP contribution in [0.4, 0.5) is 18.9 Å². The molecule has 2 atom stereocenters. The van der Waals surface area contributed by atoms with Gasteiger partial charge in [-0.05, 0) is 54.9 Å². The number of nitrogens with two attached hydrogens (primary N) is 3. The van der Waals surface area contributed by atoms with Crippen molar-refractivity contribution in [1.29, 1.82) is 0 Å². The summed E-state index contributed by atoms with van der Waals surface area (Å²) in [7, 11) is 0. The molecule has 32 heavy (non-hydrogen) atoms. The van der Waals surface area contributed by atoms with Crippen LogP contribution in [-0.2, 0) is 17.4 Å². The quantitative estimate of drug-likeness (QED) is 0.256. The highest BCUT2D eigenvalue weighted by Crippen LogP contribution is 2.43. The second kappa shape index (κ2) is 9.99. The summed E-state index contributed by atoms with van der Waals surface area (Å²) >= 11 is 5.23. The van der Waals surface area contributed by atoms with Crippen molar-refractivity contribution >= 4 is 40.4 Å². The Balaban J connectivity index is 1.98. The van der Waals surface area contributed by atoms with Crippen molar-refractivity contribution in [1.82, 2.24) is 5.32 Å². The van der Waals surface area contributed by atoms with E-state index >= 15 is 0 Å². The second-order valence-electron chi connectivity index (χ2n) is 7.16. The summed E-state index contributed by atoms with van der Waals surface area (Å²) < 4.78 is 52.2. The molecule has 3 rings (SSSR count). The van der Waals surface area contributed by atoms with Crippen LogP contribution >= 0.6 is 11.6 Å². The third kappa shape index (κ3) is 5.85. The van der Waals surface area contributed by atoms with Crippen LogP contribution in [0.25, 0.3) is 11.1 Å². The number of hydrogen-bond acceptors (Lipinski definition) is 3. The Morgan fingerprint density at radius 2 is 1.84 bits per heavy atom. The van der Waals surface area contributed by atoms with Gasteiger partial charge in [0.2, 0.25) is 5.96 Å². The standard InChI is InChI=1S/C20H23ClF3N6OS/c21-16-9-12(29-19(27)30-18(25)26)8-15(20(22,23)24)17(16)11-3-5-13(6-4-11)32(31)14-2-1-7-28-10-14/h3-6,8-9,14,28,31H,1-2,7,10H2,(H6,25,26,27,29,30)/q+1. The lowest BCUT2D eigenvalue weighted by Crippen LogP contribution is -2.38. The number of nitrogens with zero attached hydrogens (tertiary/aromatic N) is 2. The van der Waals surface area contributed by atoms with Crippen molar-refractivity contribution < 1.29 is 17.7 Å². The molecule has 1 fully saturated rings. The molecule has 12 heteroatoms. The van der Waals surface area contributed by atoms with Crippen molar-refractivity contribution in [2.24, 2.45) is 27.2 Å². The summed E-state index contributed by atoms with van der Waals surface area (Å²) in [4.78, 5) is 7.94.